The molecule has 0 spiro atoms. The van der Waals surface area contributed by atoms with Gasteiger partial charge in [-0.15, -0.1) is 10.1 Å². The summed E-state index contributed by atoms with van der Waals surface area (Å²) in [4.78, 5) is 15.6. The molecule has 2 aromatic rings. The molecule has 0 heterocycles. The van der Waals surface area contributed by atoms with E-state index in [-0.39, 0.29) is 4.90 Å². The third kappa shape index (κ3) is 5.01. The first-order valence-corrected chi connectivity index (χ1v) is 9.32. The van der Waals surface area contributed by atoms with Gasteiger partial charge in [-0.05, 0) is 31.5 Å². The van der Waals surface area contributed by atoms with Crippen LogP contribution in [0.5, 0.6) is 0 Å². The molecule has 0 radical (unpaired) electrons. The minimum absolute atomic E-state index is 0.0123. The summed E-state index contributed by atoms with van der Waals surface area (Å²) in [5.41, 5.74) is 1.25. The van der Waals surface area contributed by atoms with Crippen molar-refractivity contribution in [1.29, 1.82) is 0 Å². The van der Waals surface area contributed by atoms with Crippen LogP contribution in [-0.2, 0) is 14.9 Å². The number of sulfonamides is 1. The third-order valence-electron chi connectivity index (χ3n) is 3.80. The Kier molecular flexibility index (Phi) is 6.30. The van der Waals surface area contributed by atoms with E-state index >= 15 is 0 Å². The Morgan fingerprint density at radius 1 is 1.12 bits per heavy atom. The molecular weight excluding hydrogens is 360 g/mol. The Morgan fingerprint density at radius 2 is 1.69 bits per heavy atom. The predicted octanol–water partition coefficient (Wildman–Crippen LogP) is 1.97. The molecule has 140 valence electrons. The van der Waals surface area contributed by atoms with E-state index in [9.17, 15) is 23.6 Å². The number of hydrogen-bond acceptors (Lipinski definition) is 6. The van der Waals surface area contributed by atoms with Crippen molar-refractivity contribution in [2.45, 2.75) is 37.0 Å². The second-order valence-electron chi connectivity index (χ2n) is 5.86. The largest absolute Gasteiger partial charge is 0.392 e. The fourth-order valence-corrected chi connectivity index (χ4v) is 3.76. The molecule has 0 aliphatic rings. The van der Waals surface area contributed by atoms with Gasteiger partial charge in [0.2, 0.25) is 10.0 Å². The van der Waals surface area contributed by atoms with Gasteiger partial charge in [0.25, 0.3) is 5.09 Å². The minimum Gasteiger partial charge on any atom is -0.392 e. The molecule has 2 rings (SSSR count). The van der Waals surface area contributed by atoms with Gasteiger partial charge >= 0.3 is 0 Å². The lowest BCUT2D eigenvalue weighted by Crippen LogP contribution is -2.47. The molecule has 1 unspecified atom stereocenters. The van der Waals surface area contributed by atoms with Crippen LogP contribution < -0.4 is 4.72 Å². The Labute approximate surface area is 151 Å². The Morgan fingerprint density at radius 3 is 2.19 bits per heavy atom. The highest BCUT2D eigenvalue weighted by molar-refractivity contribution is 7.89. The first-order chi connectivity index (χ1) is 12.2. The number of aliphatic hydroxyl groups is 1. The van der Waals surface area contributed by atoms with Crippen LogP contribution in [0.1, 0.15) is 24.2 Å². The summed E-state index contributed by atoms with van der Waals surface area (Å²) in [7, 11) is -4.02. The third-order valence-corrected chi connectivity index (χ3v) is 5.27. The smallest absolute Gasteiger partial charge is 0.295 e. The lowest BCUT2D eigenvalue weighted by molar-refractivity contribution is -0.772. The molecular formula is C17H20N2O6S. The molecule has 0 aliphatic heterocycles. The molecule has 0 aliphatic carbocycles. The van der Waals surface area contributed by atoms with Crippen LogP contribution in [0.4, 0.5) is 0 Å². The molecule has 0 aromatic heterocycles. The van der Waals surface area contributed by atoms with Gasteiger partial charge in [0.15, 0.2) is 6.10 Å². The Hall–Kier alpha value is -2.49. The molecule has 2 N–H and O–H groups in total. The normalized spacial score (nSPS) is 15.0. The molecule has 8 nitrogen and oxygen atoms in total. The SMILES string of the molecule is Cc1ccc(S(=O)(=O)N[C@@H](C(C)O)[C@H](O[N+](=O)[O-])c2ccccc2)cc1. The van der Waals surface area contributed by atoms with Crippen molar-refractivity contribution < 1.29 is 23.4 Å². The summed E-state index contributed by atoms with van der Waals surface area (Å²) in [5.74, 6) is 0. The first-order valence-electron chi connectivity index (χ1n) is 7.84. The van der Waals surface area contributed by atoms with Crippen LogP contribution in [0.2, 0.25) is 0 Å². The predicted molar refractivity (Wildman–Crippen MR) is 94.2 cm³/mol. The highest BCUT2D eigenvalue weighted by Gasteiger charge is 2.34. The number of aliphatic hydroxyl groups excluding tert-OH is 1. The maximum atomic E-state index is 12.6. The van der Waals surface area contributed by atoms with Gasteiger partial charge in [-0.3, -0.25) is 0 Å². The second-order valence-corrected chi connectivity index (χ2v) is 7.58. The topological polar surface area (TPSA) is 119 Å². The zero-order valence-electron chi connectivity index (χ0n) is 14.3. The fourth-order valence-electron chi connectivity index (χ4n) is 2.45. The molecule has 9 heteroatoms. The average Bonchev–Trinajstić information content (AvgIpc) is 2.58. The number of rotatable bonds is 8. The van der Waals surface area contributed by atoms with Gasteiger partial charge in [-0.25, -0.2) is 13.1 Å². The second kappa shape index (κ2) is 8.26. The zero-order chi connectivity index (χ0) is 19.3. The van der Waals surface area contributed by atoms with Crippen LogP contribution in [0.25, 0.3) is 0 Å². The quantitative estimate of drug-likeness (QED) is 0.534. The molecule has 0 saturated heterocycles. The average molecular weight is 380 g/mol. The van der Waals surface area contributed by atoms with Crippen molar-refractivity contribution in [2.24, 2.45) is 0 Å². The van der Waals surface area contributed by atoms with Crippen molar-refractivity contribution in [3.63, 3.8) is 0 Å². The molecule has 0 fully saturated rings. The van der Waals surface area contributed by atoms with Gasteiger partial charge in [0, 0.05) is 0 Å². The summed E-state index contributed by atoms with van der Waals surface area (Å²) < 4.78 is 27.6. The maximum Gasteiger partial charge on any atom is 0.295 e. The highest BCUT2D eigenvalue weighted by Crippen LogP contribution is 2.25. The lowest BCUT2D eigenvalue weighted by atomic mass is 9.99. The van der Waals surface area contributed by atoms with Crippen LogP contribution in [-0.4, -0.2) is 30.8 Å². The highest BCUT2D eigenvalue weighted by atomic mass is 32.2. The van der Waals surface area contributed by atoms with Crippen molar-refractivity contribution in [1.82, 2.24) is 4.72 Å². The van der Waals surface area contributed by atoms with Crippen molar-refractivity contribution in [2.75, 3.05) is 0 Å². The van der Waals surface area contributed by atoms with Gasteiger partial charge in [-0.1, -0.05) is 48.0 Å². The van der Waals surface area contributed by atoms with E-state index in [2.05, 4.69) is 4.72 Å². The number of hydrogen-bond donors (Lipinski definition) is 2. The van der Waals surface area contributed by atoms with Crippen molar-refractivity contribution in [3.05, 3.63) is 75.8 Å². The first kappa shape index (κ1) is 19.8. The summed E-state index contributed by atoms with van der Waals surface area (Å²) in [5, 5.41) is 20.0. The van der Waals surface area contributed by atoms with E-state index in [0.29, 0.717) is 5.56 Å². The van der Waals surface area contributed by atoms with E-state index in [4.69, 9.17) is 4.84 Å². The Balaban J connectivity index is 2.38. The summed E-state index contributed by atoms with van der Waals surface area (Å²) in [6.07, 6.45) is -2.56. The van der Waals surface area contributed by atoms with E-state index in [1.54, 1.807) is 42.5 Å². The van der Waals surface area contributed by atoms with Crippen LogP contribution in [0.3, 0.4) is 0 Å². The van der Waals surface area contributed by atoms with E-state index in [0.717, 1.165) is 5.56 Å². The van der Waals surface area contributed by atoms with Gasteiger partial charge in [0.05, 0.1) is 17.0 Å². The monoisotopic (exact) mass is 380 g/mol. The summed E-state index contributed by atoms with van der Waals surface area (Å²) in [6.45, 7) is 3.15. The summed E-state index contributed by atoms with van der Waals surface area (Å²) >= 11 is 0. The molecule has 0 amide bonds. The molecule has 3 atom stereocenters. The zero-order valence-corrected chi connectivity index (χ0v) is 15.1. The molecule has 0 bridgehead atoms. The van der Waals surface area contributed by atoms with Gasteiger partial charge < -0.3 is 9.94 Å². The van der Waals surface area contributed by atoms with Crippen LogP contribution in [0, 0.1) is 17.0 Å². The number of benzene rings is 2. The maximum absolute atomic E-state index is 12.6. The molecule has 2 aromatic carbocycles. The fraction of sp³-hybridized carbons (Fsp3) is 0.294. The van der Waals surface area contributed by atoms with Crippen LogP contribution in [0.15, 0.2) is 59.5 Å². The standard InChI is InChI=1S/C17H20N2O6S/c1-12-8-10-15(11-9-12)26(23,24)18-16(13(2)20)17(25-19(21)22)14-6-4-3-5-7-14/h3-11,13,16-18,20H,1-2H3/t13?,16-,17+/m0/s1. The van der Waals surface area contributed by atoms with Crippen molar-refractivity contribution in [3.8, 4) is 0 Å². The van der Waals surface area contributed by atoms with E-state index in [1.807, 2.05) is 6.92 Å². The Bertz CT molecular complexity index is 837. The van der Waals surface area contributed by atoms with Gasteiger partial charge in [0.1, 0.15) is 0 Å². The minimum atomic E-state index is -4.02. The molecule has 26 heavy (non-hydrogen) atoms. The van der Waals surface area contributed by atoms with Crippen molar-refractivity contribution >= 4 is 10.0 Å². The summed E-state index contributed by atoms with van der Waals surface area (Å²) in [6, 6.07) is 12.9. The number of nitrogens with one attached hydrogen (secondary N) is 1. The number of nitrogens with zero attached hydrogens (tertiary/aromatic N) is 1. The van der Waals surface area contributed by atoms with E-state index < -0.39 is 33.4 Å². The lowest BCUT2D eigenvalue weighted by Gasteiger charge is -2.28. The number of aryl methyl sites for hydroxylation is 1. The molecule has 0 saturated carbocycles. The van der Waals surface area contributed by atoms with Gasteiger partial charge in [-0.2, -0.15) is 0 Å². The van der Waals surface area contributed by atoms with E-state index in [1.165, 1.54) is 19.1 Å². The van der Waals surface area contributed by atoms with Crippen LogP contribution >= 0.6 is 0 Å².